The normalized spacial score (nSPS) is 10.4. The van der Waals surface area contributed by atoms with Crippen molar-refractivity contribution in [2.24, 2.45) is 0 Å². The van der Waals surface area contributed by atoms with Crippen molar-refractivity contribution in [3.05, 3.63) is 86.8 Å². The lowest BCUT2D eigenvalue weighted by Gasteiger charge is -2.09. The van der Waals surface area contributed by atoms with Crippen LogP contribution in [0.3, 0.4) is 0 Å². The molecule has 2 aromatic carbocycles. The Morgan fingerprint density at radius 1 is 0.893 bits per heavy atom. The Morgan fingerprint density at radius 3 is 2.25 bits per heavy atom. The Kier molecular flexibility index (Phi) is 6.08. The van der Waals surface area contributed by atoms with Crippen molar-refractivity contribution in [3.8, 4) is 0 Å². The maximum atomic E-state index is 12.3. The summed E-state index contributed by atoms with van der Waals surface area (Å²) in [6, 6.07) is 15.8. The minimum atomic E-state index is -0.520. The van der Waals surface area contributed by atoms with Crippen LogP contribution in [0, 0.1) is 0 Å². The molecule has 1 heterocycles. The monoisotopic (exact) mass is 416 g/mol. The smallest absolute Gasteiger partial charge is 0.276 e. The van der Waals surface area contributed by atoms with Crippen molar-refractivity contribution in [3.63, 3.8) is 0 Å². The molecule has 28 heavy (non-hydrogen) atoms. The number of carbonyl (C=O) groups excluding carboxylic acids is 2. The van der Waals surface area contributed by atoms with Crippen LogP contribution in [0.5, 0.6) is 0 Å². The number of hydrogen-bond donors (Lipinski definition) is 2. The molecule has 3 aromatic rings. The van der Waals surface area contributed by atoms with Gasteiger partial charge in [-0.3, -0.25) is 14.4 Å². The number of benzene rings is 2. The van der Waals surface area contributed by atoms with Crippen LogP contribution in [0.25, 0.3) is 0 Å². The van der Waals surface area contributed by atoms with E-state index < -0.39 is 17.4 Å². The van der Waals surface area contributed by atoms with Gasteiger partial charge in [-0.1, -0.05) is 41.4 Å². The van der Waals surface area contributed by atoms with Crippen molar-refractivity contribution in [1.82, 2.24) is 9.78 Å². The first kappa shape index (κ1) is 19.6. The third-order valence-corrected chi connectivity index (χ3v) is 4.01. The van der Waals surface area contributed by atoms with Crippen LogP contribution in [-0.2, 0) is 11.3 Å². The van der Waals surface area contributed by atoms with E-state index in [0.717, 1.165) is 4.68 Å². The van der Waals surface area contributed by atoms with Gasteiger partial charge in [-0.2, -0.15) is 5.10 Å². The number of anilines is 2. The number of hydrogen-bond acceptors (Lipinski definition) is 4. The summed E-state index contributed by atoms with van der Waals surface area (Å²) in [6.45, 7) is -0.380. The zero-order chi connectivity index (χ0) is 20.1. The summed E-state index contributed by atoms with van der Waals surface area (Å²) in [7, 11) is 0. The van der Waals surface area contributed by atoms with Crippen molar-refractivity contribution in [2.45, 2.75) is 6.54 Å². The number of nitrogens with zero attached hydrogens (tertiary/aromatic N) is 2. The van der Waals surface area contributed by atoms with Crippen LogP contribution < -0.4 is 16.2 Å². The molecule has 0 aliphatic carbocycles. The SMILES string of the molecule is O=C(Cn1nc(C(=O)Nc2ccccc2)ccc1=O)Nc1cc(Cl)cc(Cl)c1. The fraction of sp³-hybridized carbons (Fsp3) is 0.0526. The second-order valence-corrected chi connectivity index (χ2v) is 6.61. The van der Waals surface area contributed by atoms with Gasteiger partial charge in [-0.15, -0.1) is 0 Å². The van der Waals surface area contributed by atoms with Crippen LogP contribution in [-0.4, -0.2) is 21.6 Å². The first-order valence-corrected chi connectivity index (χ1v) is 8.87. The number of para-hydroxylation sites is 1. The quantitative estimate of drug-likeness (QED) is 0.665. The summed E-state index contributed by atoms with van der Waals surface area (Å²) < 4.78 is 0.904. The first-order chi connectivity index (χ1) is 13.4. The summed E-state index contributed by atoms with van der Waals surface area (Å²) in [5.74, 6) is -1.02. The van der Waals surface area contributed by atoms with Gasteiger partial charge in [-0.25, -0.2) is 4.68 Å². The molecule has 0 atom stereocenters. The van der Waals surface area contributed by atoms with Gasteiger partial charge in [0, 0.05) is 27.5 Å². The number of halogens is 2. The molecule has 1 aromatic heterocycles. The molecule has 142 valence electrons. The molecule has 0 saturated carbocycles. The second kappa shape index (κ2) is 8.69. The maximum Gasteiger partial charge on any atom is 0.276 e. The van der Waals surface area contributed by atoms with E-state index in [9.17, 15) is 14.4 Å². The van der Waals surface area contributed by atoms with E-state index in [-0.39, 0.29) is 12.2 Å². The van der Waals surface area contributed by atoms with Gasteiger partial charge >= 0.3 is 0 Å². The second-order valence-electron chi connectivity index (χ2n) is 5.74. The third-order valence-electron chi connectivity index (χ3n) is 3.57. The highest BCUT2D eigenvalue weighted by atomic mass is 35.5. The topological polar surface area (TPSA) is 93.1 Å². The van der Waals surface area contributed by atoms with E-state index in [1.807, 2.05) is 6.07 Å². The minimum Gasteiger partial charge on any atom is -0.324 e. The number of aromatic nitrogens is 2. The predicted molar refractivity (Wildman–Crippen MR) is 108 cm³/mol. The van der Waals surface area contributed by atoms with E-state index in [0.29, 0.717) is 21.4 Å². The largest absolute Gasteiger partial charge is 0.324 e. The van der Waals surface area contributed by atoms with E-state index in [4.69, 9.17) is 23.2 Å². The summed E-state index contributed by atoms with van der Waals surface area (Å²) in [4.78, 5) is 36.5. The molecule has 0 unspecified atom stereocenters. The summed E-state index contributed by atoms with van der Waals surface area (Å²) in [6.07, 6.45) is 0. The van der Waals surface area contributed by atoms with E-state index in [1.54, 1.807) is 24.3 Å². The minimum absolute atomic E-state index is 0.00190. The molecule has 7 nitrogen and oxygen atoms in total. The lowest BCUT2D eigenvalue weighted by molar-refractivity contribution is -0.117. The molecule has 2 amide bonds. The van der Waals surface area contributed by atoms with Crippen LogP contribution in [0.4, 0.5) is 11.4 Å². The highest BCUT2D eigenvalue weighted by Gasteiger charge is 2.12. The van der Waals surface area contributed by atoms with Gasteiger partial charge in [-0.05, 0) is 36.4 Å². The summed E-state index contributed by atoms with van der Waals surface area (Å²) in [5, 5.41) is 9.93. The number of amides is 2. The first-order valence-electron chi connectivity index (χ1n) is 8.11. The summed E-state index contributed by atoms with van der Waals surface area (Å²) in [5.41, 5.74) is 0.453. The zero-order valence-corrected chi connectivity index (χ0v) is 15.9. The molecule has 0 spiro atoms. The zero-order valence-electron chi connectivity index (χ0n) is 14.4. The van der Waals surface area contributed by atoms with E-state index >= 15 is 0 Å². The van der Waals surface area contributed by atoms with Crippen LogP contribution in [0.2, 0.25) is 10.0 Å². The van der Waals surface area contributed by atoms with Gasteiger partial charge in [0.2, 0.25) is 5.91 Å². The van der Waals surface area contributed by atoms with Crippen molar-refractivity contribution in [2.75, 3.05) is 10.6 Å². The number of rotatable bonds is 5. The standard InChI is InChI=1S/C19H14Cl2N4O3/c20-12-8-13(21)10-15(9-12)22-17(26)11-25-18(27)7-6-16(24-25)19(28)23-14-4-2-1-3-5-14/h1-10H,11H2,(H,22,26)(H,23,28). The Hall–Kier alpha value is -3.16. The molecule has 0 bridgehead atoms. The fourth-order valence-corrected chi connectivity index (χ4v) is 2.89. The molecule has 0 aliphatic rings. The highest BCUT2D eigenvalue weighted by Crippen LogP contribution is 2.22. The van der Waals surface area contributed by atoms with Crippen molar-refractivity contribution >= 4 is 46.4 Å². The van der Waals surface area contributed by atoms with Gasteiger partial charge in [0.1, 0.15) is 12.2 Å². The van der Waals surface area contributed by atoms with Crippen molar-refractivity contribution in [1.29, 1.82) is 0 Å². The van der Waals surface area contributed by atoms with Crippen LogP contribution >= 0.6 is 23.2 Å². The highest BCUT2D eigenvalue weighted by molar-refractivity contribution is 6.35. The molecule has 0 aliphatic heterocycles. The Bertz CT molecular complexity index is 1060. The van der Waals surface area contributed by atoms with E-state index in [1.165, 1.54) is 30.3 Å². The van der Waals surface area contributed by atoms with E-state index in [2.05, 4.69) is 15.7 Å². The Labute approximate surface area is 169 Å². The van der Waals surface area contributed by atoms with Gasteiger partial charge in [0.25, 0.3) is 11.5 Å². The average Bonchev–Trinajstić information content (AvgIpc) is 2.63. The van der Waals surface area contributed by atoms with Crippen LogP contribution in [0.15, 0.2) is 65.5 Å². The van der Waals surface area contributed by atoms with Gasteiger partial charge in [0.05, 0.1) is 0 Å². The third kappa shape index (κ3) is 5.18. The molecular formula is C19H14Cl2N4O3. The number of carbonyl (C=O) groups is 2. The fourth-order valence-electron chi connectivity index (χ4n) is 2.36. The molecule has 0 saturated heterocycles. The lowest BCUT2D eigenvalue weighted by Crippen LogP contribution is -2.31. The molecular weight excluding hydrogens is 403 g/mol. The molecule has 2 N–H and O–H groups in total. The summed E-state index contributed by atoms with van der Waals surface area (Å²) >= 11 is 11.8. The maximum absolute atomic E-state index is 12.3. The Balaban J connectivity index is 1.73. The number of nitrogens with one attached hydrogen (secondary N) is 2. The van der Waals surface area contributed by atoms with Gasteiger partial charge < -0.3 is 10.6 Å². The Morgan fingerprint density at radius 2 is 1.57 bits per heavy atom. The van der Waals surface area contributed by atoms with Crippen molar-refractivity contribution < 1.29 is 9.59 Å². The molecule has 3 rings (SSSR count). The lowest BCUT2D eigenvalue weighted by atomic mass is 10.3. The molecule has 9 heteroatoms. The average molecular weight is 417 g/mol. The molecule has 0 radical (unpaired) electrons. The predicted octanol–water partition coefficient (Wildman–Crippen LogP) is 3.44. The molecule has 0 fully saturated rings. The van der Waals surface area contributed by atoms with Crippen LogP contribution in [0.1, 0.15) is 10.5 Å². The van der Waals surface area contributed by atoms with Gasteiger partial charge in [0.15, 0.2) is 0 Å².